The first-order chi connectivity index (χ1) is 7.25. The highest BCUT2D eigenvalue weighted by molar-refractivity contribution is 6.02. The molecule has 3 nitrogen and oxygen atoms in total. The number of benzene rings is 1. The van der Waals surface area contributed by atoms with Gasteiger partial charge in [-0.1, -0.05) is 6.92 Å². The summed E-state index contributed by atoms with van der Waals surface area (Å²) in [7, 11) is 0. The van der Waals surface area contributed by atoms with E-state index in [2.05, 4.69) is 6.92 Å². The number of ether oxygens (including phenoxy) is 2. The van der Waals surface area contributed by atoms with Crippen LogP contribution in [-0.4, -0.2) is 19.0 Å². The maximum Gasteiger partial charge on any atom is 0.163 e. The summed E-state index contributed by atoms with van der Waals surface area (Å²) in [4.78, 5) is 11.7. The molecular formula is C12H12O3. The molecule has 0 radical (unpaired) electrons. The molecular weight excluding hydrogens is 192 g/mol. The molecule has 1 aromatic rings. The van der Waals surface area contributed by atoms with E-state index in [4.69, 9.17) is 9.47 Å². The zero-order valence-corrected chi connectivity index (χ0v) is 8.58. The quantitative estimate of drug-likeness (QED) is 0.649. The van der Waals surface area contributed by atoms with Gasteiger partial charge in [0.2, 0.25) is 0 Å². The Labute approximate surface area is 88.0 Å². The topological polar surface area (TPSA) is 35.5 Å². The number of ketones is 1. The second kappa shape index (κ2) is 2.99. The molecule has 3 rings (SSSR count). The van der Waals surface area contributed by atoms with Crippen molar-refractivity contribution in [1.82, 2.24) is 0 Å². The Morgan fingerprint density at radius 2 is 1.87 bits per heavy atom. The van der Waals surface area contributed by atoms with E-state index in [1.54, 1.807) is 0 Å². The van der Waals surface area contributed by atoms with E-state index in [0.717, 1.165) is 16.9 Å². The van der Waals surface area contributed by atoms with Gasteiger partial charge in [0.25, 0.3) is 0 Å². The third kappa shape index (κ3) is 1.23. The number of hydrogen-bond acceptors (Lipinski definition) is 3. The van der Waals surface area contributed by atoms with Crippen molar-refractivity contribution in [1.29, 1.82) is 0 Å². The third-order valence-corrected chi connectivity index (χ3v) is 3.04. The van der Waals surface area contributed by atoms with Gasteiger partial charge in [-0.25, -0.2) is 0 Å². The van der Waals surface area contributed by atoms with Crippen LogP contribution in [0.2, 0.25) is 0 Å². The van der Waals surface area contributed by atoms with Crippen LogP contribution in [0.25, 0.3) is 0 Å². The second-order valence-corrected chi connectivity index (χ2v) is 4.11. The van der Waals surface area contributed by atoms with E-state index in [-0.39, 0.29) is 5.78 Å². The fourth-order valence-electron chi connectivity index (χ4n) is 2.25. The Hall–Kier alpha value is -1.51. The standard InChI is InChI=1S/C12H12O3/c1-7-4-10(13)9-6-12-11(5-8(7)9)14-2-3-15-12/h5-7H,2-4H2,1H3. The minimum Gasteiger partial charge on any atom is -0.486 e. The molecule has 3 heteroatoms. The van der Waals surface area contributed by atoms with Crippen LogP contribution in [0.1, 0.15) is 35.2 Å². The highest BCUT2D eigenvalue weighted by atomic mass is 16.6. The van der Waals surface area contributed by atoms with Gasteiger partial charge in [0.05, 0.1) is 0 Å². The molecule has 2 aliphatic rings. The molecule has 0 fully saturated rings. The maximum absolute atomic E-state index is 11.7. The van der Waals surface area contributed by atoms with E-state index in [1.807, 2.05) is 12.1 Å². The summed E-state index contributed by atoms with van der Waals surface area (Å²) in [5, 5.41) is 0. The first-order valence-corrected chi connectivity index (χ1v) is 5.22. The lowest BCUT2D eigenvalue weighted by Crippen LogP contribution is -2.15. The molecule has 1 unspecified atom stereocenters. The van der Waals surface area contributed by atoms with Gasteiger partial charge in [-0.3, -0.25) is 4.79 Å². The first kappa shape index (κ1) is 8.77. The van der Waals surface area contributed by atoms with Crippen molar-refractivity contribution in [3.63, 3.8) is 0 Å². The second-order valence-electron chi connectivity index (χ2n) is 4.11. The van der Waals surface area contributed by atoms with Crippen molar-refractivity contribution >= 4 is 5.78 Å². The summed E-state index contributed by atoms with van der Waals surface area (Å²) in [5.74, 6) is 2.02. The Bertz CT molecular complexity index is 437. The van der Waals surface area contributed by atoms with Crippen LogP contribution in [0.15, 0.2) is 12.1 Å². The molecule has 1 aliphatic carbocycles. The van der Waals surface area contributed by atoms with Crippen LogP contribution >= 0.6 is 0 Å². The van der Waals surface area contributed by atoms with E-state index in [1.165, 1.54) is 0 Å². The van der Waals surface area contributed by atoms with Crippen LogP contribution in [-0.2, 0) is 0 Å². The van der Waals surface area contributed by atoms with Crippen molar-refractivity contribution in [3.8, 4) is 11.5 Å². The molecule has 0 amide bonds. The summed E-state index contributed by atoms with van der Waals surface area (Å²) in [6.07, 6.45) is 0.609. The highest BCUT2D eigenvalue weighted by Gasteiger charge is 2.29. The molecule has 78 valence electrons. The van der Waals surface area contributed by atoms with Crippen LogP contribution in [0.5, 0.6) is 11.5 Å². The molecule has 1 aliphatic heterocycles. The minimum absolute atomic E-state index is 0.217. The Morgan fingerprint density at radius 3 is 2.60 bits per heavy atom. The summed E-state index contributed by atoms with van der Waals surface area (Å²) in [6.45, 7) is 3.23. The van der Waals surface area contributed by atoms with Crippen molar-refractivity contribution in [2.45, 2.75) is 19.3 Å². The molecule has 1 aromatic carbocycles. The van der Waals surface area contributed by atoms with Crippen molar-refractivity contribution in [2.24, 2.45) is 0 Å². The number of carbonyl (C=O) groups excluding carboxylic acids is 1. The molecule has 0 bridgehead atoms. The first-order valence-electron chi connectivity index (χ1n) is 5.22. The molecule has 1 atom stereocenters. The Balaban J connectivity index is 2.16. The fourth-order valence-corrected chi connectivity index (χ4v) is 2.25. The smallest absolute Gasteiger partial charge is 0.163 e. The zero-order chi connectivity index (χ0) is 10.4. The van der Waals surface area contributed by atoms with E-state index < -0.39 is 0 Å². The average molecular weight is 204 g/mol. The Morgan fingerprint density at radius 1 is 1.20 bits per heavy atom. The van der Waals surface area contributed by atoms with Crippen LogP contribution in [0.4, 0.5) is 0 Å². The minimum atomic E-state index is 0.217. The summed E-state index contributed by atoms with van der Waals surface area (Å²) in [5.41, 5.74) is 1.91. The summed E-state index contributed by atoms with van der Waals surface area (Å²) < 4.78 is 11.0. The van der Waals surface area contributed by atoms with Gasteiger partial charge in [-0.15, -0.1) is 0 Å². The van der Waals surface area contributed by atoms with Gasteiger partial charge < -0.3 is 9.47 Å². The Kier molecular flexibility index (Phi) is 1.75. The van der Waals surface area contributed by atoms with Crippen molar-refractivity contribution in [3.05, 3.63) is 23.3 Å². The van der Waals surface area contributed by atoms with Gasteiger partial charge in [0.15, 0.2) is 17.3 Å². The lowest BCUT2D eigenvalue weighted by molar-refractivity contribution is 0.0989. The van der Waals surface area contributed by atoms with Crippen molar-refractivity contribution in [2.75, 3.05) is 13.2 Å². The van der Waals surface area contributed by atoms with Gasteiger partial charge >= 0.3 is 0 Å². The number of fused-ring (bicyclic) bond motifs is 2. The van der Waals surface area contributed by atoms with E-state index in [0.29, 0.717) is 31.3 Å². The summed E-state index contributed by atoms with van der Waals surface area (Å²) in [6, 6.07) is 3.79. The van der Waals surface area contributed by atoms with Crippen LogP contribution < -0.4 is 9.47 Å². The fraction of sp³-hybridized carbons (Fsp3) is 0.417. The zero-order valence-electron chi connectivity index (χ0n) is 8.58. The molecule has 0 spiro atoms. The van der Waals surface area contributed by atoms with E-state index in [9.17, 15) is 4.79 Å². The third-order valence-electron chi connectivity index (χ3n) is 3.04. The van der Waals surface area contributed by atoms with Crippen molar-refractivity contribution < 1.29 is 14.3 Å². The monoisotopic (exact) mass is 204 g/mol. The molecule has 0 saturated heterocycles. The lowest BCUT2D eigenvalue weighted by Gasteiger charge is -2.19. The number of Topliss-reactive ketones (excluding diaryl/α,β-unsaturated/α-hetero) is 1. The number of rotatable bonds is 0. The van der Waals surface area contributed by atoms with Gasteiger partial charge in [0.1, 0.15) is 13.2 Å². The van der Waals surface area contributed by atoms with Gasteiger partial charge in [-0.2, -0.15) is 0 Å². The molecule has 0 aromatic heterocycles. The summed E-state index contributed by atoms with van der Waals surface area (Å²) >= 11 is 0. The largest absolute Gasteiger partial charge is 0.486 e. The molecule has 0 N–H and O–H groups in total. The SMILES string of the molecule is CC1CC(=O)c2cc3c(cc21)OCCO3. The normalized spacial score (nSPS) is 22.7. The molecule has 15 heavy (non-hydrogen) atoms. The van der Waals surface area contributed by atoms with Crippen LogP contribution in [0.3, 0.4) is 0 Å². The predicted molar refractivity (Wildman–Crippen MR) is 54.8 cm³/mol. The van der Waals surface area contributed by atoms with Crippen LogP contribution in [0, 0.1) is 0 Å². The maximum atomic E-state index is 11.7. The molecule has 0 saturated carbocycles. The average Bonchev–Trinajstić information content (AvgIpc) is 2.52. The van der Waals surface area contributed by atoms with Gasteiger partial charge in [0, 0.05) is 12.0 Å². The predicted octanol–water partition coefficient (Wildman–Crippen LogP) is 2.15. The highest BCUT2D eigenvalue weighted by Crippen LogP contribution is 2.41. The number of hydrogen-bond donors (Lipinski definition) is 0. The number of carbonyl (C=O) groups is 1. The van der Waals surface area contributed by atoms with E-state index >= 15 is 0 Å². The lowest BCUT2D eigenvalue weighted by atomic mass is 10.0. The van der Waals surface area contributed by atoms with Gasteiger partial charge in [-0.05, 0) is 23.6 Å². The molecule has 1 heterocycles.